The van der Waals surface area contributed by atoms with E-state index in [2.05, 4.69) is 47.6 Å². The number of carbonyl (C=O) groups excluding carboxylic acids is 1. The predicted molar refractivity (Wildman–Crippen MR) is 125 cm³/mol. The summed E-state index contributed by atoms with van der Waals surface area (Å²) in [5, 5.41) is 4.59. The second kappa shape index (κ2) is 8.08. The molecule has 1 saturated heterocycles. The maximum atomic E-state index is 11.7. The van der Waals surface area contributed by atoms with Crippen LogP contribution >= 0.6 is 11.3 Å². The maximum absolute atomic E-state index is 11.7. The topological polar surface area (TPSA) is 58.1 Å². The van der Waals surface area contributed by atoms with Crippen LogP contribution in [0.25, 0.3) is 10.4 Å². The average molecular weight is 433 g/mol. The van der Waals surface area contributed by atoms with Crippen LogP contribution < -0.4 is 5.32 Å². The number of aryl methyl sites for hydroxylation is 2. The van der Waals surface area contributed by atoms with Crippen molar-refractivity contribution in [2.75, 3.05) is 18.4 Å². The monoisotopic (exact) mass is 432 g/mol. The van der Waals surface area contributed by atoms with Gasteiger partial charge in [0, 0.05) is 30.7 Å². The van der Waals surface area contributed by atoms with Crippen molar-refractivity contribution in [1.82, 2.24) is 14.9 Å². The normalized spacial score (nSPS) is 24.9. The van der Waals surface area contributed by atoms with Gasteiger partial charge in [0.25, 0.3) is 0 Å². The molecule has 160 valence electrons. The number of amides is 1. The van der Waals surface area contributed by atoms with Crippen LogP contribution in [0.2, 0.25) is 0 Å². The number of thiazole rings is 1. The van der Waals surface area contributed by atoms with Crippen LogP contribution in [0.3, 0.4) is 0 Å². The fourth-order valence-corrected chi connectivity index (χ4v) is 6.11. The molecule has 2 unspecified atom stereocenters. The second-order valence-electron chi connectivity index (χ2n) is 8.93. The molecular weight excluding hydrogens is 404 g/mol. The van der Waals surface area contributed by atoms with Gasteiger partial charge in [0.15, 0.2) is 0 Å². The van der Waals surface area contributed by atoms with Crippen LogP contribution in [0.5, 0.6) is 0 Å². The highest BCUT2D eigenvalue weighted by Gasteiger charge is 2.58. The maximum Gasteiger partial charge on any atom is 0.210 e. The smallest absolute Gasteiger partial charge is 0.210 e. The Balaban J connectivity index is 1.34. The molecule has 6 heteroatoms. The number of nitrogens with one attached hydrogen (secondary N) is 1. The first kappa shape index (κ1) is 20.2. The molecule has 1 spiro atoms. The number of aromatic nitrogens is 2. The highest BCUT2D eigenvalue weighted by Crippen LogP contribution is 2.67. The van der Waals surface area contributed by atoms with Gasteiger partial charge in [-0.05, 0) is 56.2 Å². The summed E-state index contributed by atoms with van der Waals surface area (Å²) in [5.41, 5.74) is 3.78. The minimum atomic E-state index is 0.179. The first-order chi connectivity index (χ1) is 15.1. The fraction of sp³-hybridized carbons (Fsp3) is 0.400. The summed E-state index contributed by atoms with van der Waals surface area (Å²) in [4.78, 5) is 24.5. The van der Waals surface area contributed by atoms with Gasteiger partial charge in [-0.2, -0.15) is 0 Å². The summed E-state index contributed by atoms with van der Waals surface area (Å²) in [6.07, 6.45) is 4.25. The molecule has 1 aromatic carbocycles. The van der Waals surface area contributed by atoms with Crippen molar-refractivity contribution in [3.63, 3.8) is 0 Å². The lowest BCUT2D eigenvalue weighted by atomic mass is 9.85. The van der Waals surface area contributed by atoms with Crippen molar-refractivity contribution in [3.8, 4) is 10.4 Å². The number of carbonyl (C=O) groups is 1. The summed E-state index contributed by atoms with van der Waals surface area (Å²) in [5.74, 6) is 1.36. The highest BCUT2D eigenvalue weighted by molar-refractivity contribution is 7.15. The molecule has 2 aromatic heterocycles. The third kappa shape index (κ3) is 3.97. The number of anilines is 1. The summed E-state index contributed by atoms with van der Waals surface area (Å²) in [6, 6.07) is 16.8. The van der Waals surface area contributed by atoms with E-state index in [9.17, 15) is 4.79 Å². The zero-order chi connectivity index (χ0) is 21.4. The van der Waals surface area contributed by atoms with Gasteiger partial charge in [-0.1, -0.05) is 36.4 Å². The summed E-state index contributed by atoms with van der Waals surface area (Å²) in [6.45, 7) is 5.64. The number of benzene rings is 1. The molecule has 1 amide bonds. The Hall–Kier alpha value is -2.73. The Kier molecular flexibility index (Phi) is 5.26. The third-order valence-electron chi connectivity index (χ3n) is 6.84. The van der Waals surface area contributed by atoms with Crippen LogP contribution in [0.15, 0.2) is 48.5 Å². The molecule has 1 aliphatic carbocycles. The van der Waals surface area contributed by atoms with Crippen molar-refractivity contribution in [1.29, 1.82) is 0 Å². The molecule has 2 aliphatic rings. The zero-order valence-electron chi connectivity index (χ0n) is 18.0. The van der Waals surface area contributed by atoms with Crippen molar-refractivity contribution >= 4 is 23.6 Å². The first-order valence-electron chi connectivity index (χ1n) is 11.0. The van der Waals surface area contributed by atoms with E-state index < -0.39 is 0 Å². The molecule has 1 saturated carbocycles. The van der Waals surface area contributed by atoms with Gasteiger partial charge in [0.1, 0.15) is 5.82 Å². The van der Waals surface area contributed by atoms with Gasteiger partial charge >= 0.3 is 0 Å². The van der Waals surface area contributed by atoms with Gasteiger partial charge in [-0.15, -0.1) is 11.3 Å². The molecule has 2 fully saturated rings. The summed E-state index contributed by atoms with van der Waals surface area (Å²) < 4.78 is 0. The molecule has 1 N–H and O–H groups in total. The number of hydrogen-bond acceptors (Lipinski definition) is 5. The van der Waals surface area contributed by atoms with Crippen molar-refractivity contribution < 1.29 is 4.79 Å². The SMILES string of the molecule is Cc1cccc(NC[C@@H]2CC3(CCN2C=O)CC3c2nc(C)sc2-c2ccccc2)n1. The predicted octanol–water partition coefficient (Wildman–Crippen LogP) is 5.03. The van der Waals surface area contributed by atoms with E-state index in [1.54, 1.807) is 11.3 Å². The Bertz CT molecular complexity index is 1080. The molecule has 5 rings (SSSR count). The van der Waals surface area contributed by atoms with Crippen LogP contribution in [-0.4, -0.2) is 40.4 Å². The van der Waals surface area contributed by atoms with Crippen LogP contribution in [0.4, 0.5) is 5.82 Å². The Labute approximate surface area is 187 Å². The minimum Gasteiger partial charge on any atom is -0.368 e. The van der Waals surface area contributed by atoms with E-state index in [0.29, 0.717) is 5.92 Å². The largest absolute Gasteiger partial charge is 0.368 e. The van der Waals surface area contributed by atoms with Crippen molar-refractivity contribution in [3.05, 3.63) is 64.9 Å². The molecule has 3 aromatic rings. The Morgan fingerprint density at radius 1 is 1.13 bits per heavy atom. The van der Waals surface area contributed by atoms with E-state index in [1.165, 1.54) is 22.6 Å². The number of pyridine rings is 1. The van der Waals surface area contributed by atoms with E-state index in [4.69, 9.17) is 4.98 Å². The Morgan fingerprint density at radius 2 is 1.97 bits per heavy atom. The standard InChI is InChI=1S/C25H28N4OS/c1-17-7-6-10-22(27-17)26-15-20-13-25(11-12-29(20)16-30)14-21(25)23-24(31-18(2)28-23)19-8-4-3-5-9-19/h3-10,16,20-21H,11-15H2,1-2H3,(H,26,27)/t20-,21?,25?/m0/s1. The Morgan fingerprint density at radius 3 is 2.74 bits per heavy atom. The molecule has 3 heterocycles. The molecule has 5 nitrogen and oxygen atoms in total. The van der Waals surface area contributed by atoms with Crippen molar-refractivity contribution in [2.24, 2.45) is 5.41 Å². The van der Waals surface area contributed by atoms with E-state index in [0.717, 1.165) is 48.9 Å². The summed E-state index contributed by atoms with van der Waals surface area (Å²) in [7, 11) is 0. The quantitative estimate of drug-likeness (QED) is 0.555. The number of hydrogen-bond donors (Lipinski definition) is 1. The fourth-order valence-electron chi connectivity index (χ4n) is 5.13. The zero-order valence-corrected chi connectivity index (χ0v) is 18.9. The molecule has 0 bridgehead atoms. The lowest BCUT2D eigenvalue weighted by Crippen LogP contribution is -2.46. The van der Waals surface area contributed by atoms with E-state index in [-0.39, 0.29) is 11.5 Å². The molecule has 1 aliphatic heterocycles. The van der Waals surface area contributed by atoms with Gasteiger partial charge < -0.3 is 10.2 Å². The lowest BCUT2D eigenvalue weighted by Gasteiger charge is -2.38. The number of rotatable bonds is 6. The molecular formula is C25H28N4OS. The van der Waals surface area contributed by atoms with Gasteiger partial charge in [0.05, 0.1) is 15.6 Å². The third-order valence-corrected chi connectivity index (χ3v) is 7.87. The second-order valence-corrected chi connectivity index (χ2v) is 10.1. The molecule has 0 radical (unpaired) electrons. The molecule has 31 heavy (non-hydrogen) atoms. The van der Waals surface area contributed by atoms with Crippen molar-refractivity contribution in [2.45, 2.75) is 45.1 Å². The number of nitrogens with zero attached hydrogens (tertiary/aromatic N) is 3. The summed E-state index contributed by atoms with van der Waals surface area (Å²) >= 11 is 1.80. The lowest BCUT2D eigenvalue weighted by molar-refractivity contribution is -0.122. The van der Waals surface area contributed by atoms with E-state index in [1.807, 2.05) is 30.0 Å². The van der Waals surface area contributed by atoms with Gasteiger partial charge in [0.2, 0.25) is 6.41 Å². The minimum absolute atomic E-state index is 0.179. The van der Waals surface area contributed by atoms with Crippen LogP contribution in [-0.2, 0) is 4.79 Å². The first-order valence-corrected chi connectivity index (χ1v) is 11.8. The number of likely N-dealkylation sites (tertiary alicyclic amines) is 1. The van der Waals surface area contributed by atoms with Crippen LogP contribution in [0, 0.1) is 19.3 Å². The molecule has 3 atom stereocenters. The van der Waals surface area contributed by atoms with E-state index >= 15 is 0 Å². The highest BCUT2D eigenvalue weighted by atomic mass is 32.1. The average Bonchev–Trinajstić information content (AvgIpc) is 3.32. The van der Waals surface area contributed by atoms with Crippen LogP contribution in [0.1, 0.15) is 41.6 Å². The number of piperidine rings is 1. The van der Waals surface area contributed by atoms with Gasteiger partial charge in [-0.25, -0.2) is 9.97 Å². The van der Waals surface area contributed by atoms with Gasteiger partial charge in [-0.3, -0.25) is 4.79 Å².